The molecule has 1 saturated carbocycles. The van der Waals surface area contributed by atoms with Gasteiger partial charge in [-0.25, -0.2) is 0 Å². The predicted octanol–water partition coefficient (Wildman–Crippen LogP) is 5.09. The van der Waals surface area contributed by atoms with E-state index in [1.54, 1.807) is 0 Å². The molecule has 0 aliphatic heterocycles. The Morgan fingerprint density at radius 3 is 1.79 bits per heavy atom. The summed E-state index contributed by atoms with van der Waals surface area (Å²) < 4.78 is 0. The van der Waals surface area contributed by atoms with Crippen LogP contribution < -0.4 is 5.73 Å². The minimum Gasteiger partial charge on any atom is -0.327 e. The van der Waals surface area contributed by atoms with Crippen LogP contribution in [0, 0.1) is 34.5 Å². The molecule has 0 aromatic heterocycles. The highest BCUT2D eigenvalue weighted by Crippen LogP contribution is 2.48. The molecule has 3 atom stereocenters. The van der Waals surface area contributed by atoms with Crippen molar-refractivity contribution in [2.45, 2.75) is 80.7 Å². The molecule has 114 valence electrons. The third kappa shape index (κ3) is 4.21. The highest BCUT2D eigenvalue weighted by atomic mass is 14.7. The Hall–Kier alpha value is -0.0400. The molecule has 0 heterocycles. The summed E-state index contributed by atoms with van der Waals surface area (Å²) in [6.45, 7) is 19.1. The van der Waals surface area contributed by atoms with E-state index in [9.17, 15) is 0 Å². The van der Waals surface area contributed by atoms with E-state index in [1.807, 2.05) is 0 Å². The van der Waals surface area contributed by atoms with Crippen LogP contribution in [-0.2, 0) is 0 Å². The number of hydrogen-bond acceptors (Lipinski definition) is 1. The maximum Gasteiger partial charge on any atom is 0.0121 e. The van der Waals surface area contributed by atoms with Crippen molar-refractivity contribution in [1.82, 2.24) is 0 Å². The van der Waals surface area contributed by atoms with Gasteiger partial charge in [-0.2, -0.15) is 0 Å². The highest BCUT2D eigenvalue weighted by molar-refractivity contribution is 4.95. The van der Waals surface area contributed by atoms with Crippen LogP contribution in [0.3, 0.4) is 0 Å². The van der Waals surface area contributed by atoms with Crippen LogP contribution >= 0.6 is 0 Å². The van der Waals surface area contributed by atoms with E-state index >= 15 is 0 Å². The average Bonchev–Trinajstić information content (AvgIpc) is 2.21. The van der Waals surface area contributed by atoms with Gasteiger partial charge in [0.15, 0.2) is 0 Å². The van der Waals surface area contributed by atoms with Gasteiger partial charge in [0.1, 0.15) is 0 Å². The summed E-state index contributed by atoms with van der Waals surface area (Å²) in [5.41, 5.74) is 7.40. The lowest BCUT2D eigenvalue weighted by molar-refractivity contribution is 0.0414. The Morgan fingerprint density at radius 1 is 0.842 bits per heavy atom. The first kappa shape index (κ1) is 17.0. The Balaban J connectivity index is 3.05. The summed E-state index contributed by atoms with van der Waals surface area (Å²) in [6, 6.07) is 0.327. The van der Waals surface area contributed by atoms with Gasteiger partial charge in [-0.15, -0.1) is 0 Å². The van der Waals surface area contributed by atoms with Gasteiger partial charge >= 0.3 is 0 Å². The molecule has 0 amide bonds. The Morgan fingerprint density at radius 2 is 1.37 bits per heavy atom. The van der Waals surface area contributed by atoms with Crippen LogP contribution in [0.15, 0.2) is 0 Å². The van der Waals surface area contributed by atoms with Crippen LogP contribution in [0.2, 0.25) is 0 Å². The van der Waals surface area contributed by atoms with Crippen molar-refractivity contribution in [3.05, 3.63) is 0 Å². The molecular formula is C18H37N. The molecule has 19 heavy (non-hydrogen) atoms. The summed E-state index contributed by atoms with van der Waals surface area (Å²) in [5, 5.41) is 0. The SMILES string of the molecule is CC(C)C1CC(C)(C)CC(C(C)C)C(N)C(C)(C)C1. The van der Waals surface area contributed by atoms with Crippen LogP contribution in [-0.4, -0.2) is 6.04 Å². The van der Waals surface area contributed by atoms with Crippen LogP contribution in [0.4, 0.5) is 0 Å². The predicted molar refractivity (Wildman–Crippen MR) is 86.0 cm³/mol. The van der Waals surface area contributed by atoms with Gasteiger partial charge in [0.05, 0.1) is 0 Å². The van der Waals surface area contributed by atoms with E-state index in [2.05, 4.69) is 55.4 Å². The average molecular weight is 268 g/mol. The molecule has 1 nitrogen and oxygen atoms in total. The van der Waals surface area contributed by atoms with Crippen molar-refractivity contribution in [1.29, 1.82) is 0 Å². The summed E-state index contributed by atoms with van der Waals surface area (Å²) >= 11 is 0. The second-order valence-electron chi connectivity index (χ2n) is 9.20. The molecular weight excluding hydrogens is 230 g/mol. The Labute approximate surface area is 121 Å². The quantitative estimate of drug-likeness (QED) is 0.740. The smallest absolute Gasteiger partial charge is 0.0121 e. The highest BCUT2D eigenvalue weighted by Gasteiger charge is 2.42. The van der Waals surface area contributed by atoms with Gasteiger partial charge in [0.2, 0.25) is 0 Å². The molecule has 0 spiro atoms. The fraction of sp³-hybridized carbons (Fsp3) is 1.00. The van der Waals surface area contributed by atoms with Crippen molar-refractivity contribution in [2.75, 3.05) is 0 Å². The fourth-order valence-corrected chi connectivity index (χ4v) is 4.14. The minimum atomic E-state index is 0.264. The molecule has 0 aromatic carbocycles. The van der Waals surface area contributed by atoms with Crippen molar-refractivity contribution in [2.24, 2.45) is 40.2 Å². The molecule has 0 bridgehead atoms. The van der Waals surface area contributed by atoms with E-state index in [0.717, 1.165) is 11.8 Å². The molecule has 2 N–H and O–H groups in total. The third-order valence-corrected chi connectivity index (χ3v) is 5.55. The topological polar surface area (TPSA) is 26.0 Å². The van der Waals surface area contributed by atoms with Crippen molar-refractivity contribution in [3.63, 3.8) is 0 Å². The molecule has 1 aliphatic carbocycles. The van der Waals surface area contributed by atoms with E-state index in [1.165, 1.54) is 19.3 Å². The third-order valence-electron chi connectivity index (χ3n) is 5.55. The summed E-state index contributed by atoms with van der Waals surface area (Å²) in [6.07, 6.45) is 3.90. The van der Waals surface area contributed by atoms with Crippen molar-refractivity contribution < 1.29 is 0 Å². The maximum absolute atomic E-state index is 6.71. The normalized spacial score (nSPS) is 35.2. The van der Waals surface area contributed by atoms with Gasteiger partial charge < -0.3 is 5.73 Å². The molecule has 0 aromatic rings. The first-order chi connectivity index (χ1) is 8.46. The van der Waals surface area contributed by atoms with Gasteiger partial charge in [-0.05, 0) is 53.8 Å². The Kier molecular flexibility index (Phi) is 5.15. The van der Waals surface area contributed by atoms with Crippen molar-refractivity contribution >= 4 is 0 Å². The molecule has 0 saturated heterocycles. The van der Waals surface area contributed by atoms with E-state index in [-0.39, 0.29) is 5.41 Å². The second-order valence-corrected chi connectivity index (χ2v) is 9.20. The van der Waals surface area contributed by atoms with E-state index < -0.39 is 0 Å². The first-order valence-electron chi connectivity index (χ1n) is 8.22. The molecule has 1 fully saturated rings. The molecule has 1 heteroatoms. The van der Waals surface area contributed by atoms with Crippen LogP contribution in [0.25, 0.3) is 0 Å². The first-order valence-corrected chi connectivity index (χ1v) is 8.22. The lowest BCUT2D eigenvalue weighted by Crippen LogP contribution is -2.50. The zero-order valence-electron chi connectivity index (χ0n) is 14.6. The van der Waals surface area contributed by atoms with Crippen LogP contribution in [0.5, 0.6) is 0 Å². The second kappa shape index (κ2) is 5.76. The number of hydrogen-bond donors (Lipinski definition) is 1. The zero-order valence-corrected chi connectivity index (χ0v) is 14.6. The maximum atomic E-state index is 6.71. The molecule has 1 aliphatic rings. The molecule has 0 radical (unpaired) electrons. The number of nitrogens with two attached hydrogens (primary N) is 1. The lowest BCUT2D eigenvalue weighted by Gasteiger charge is -2.48. The number of rotatable bonds is 2. The lowest BCUT2D eigenvalue weighted by atomic mass is 9.59. The van der Waals surface area contributed by atoms with E-state index in [0.29, 0.717) is 23.3 Å². The molecule has 3 unspecified atom stereocenters. The summed E-state index contributed by atoms with van der Waals surface area (Å²) in [7, 11) is 0. The zero-order chi connectivity index (χ0) is 15.0. The minimum absolute atomic E-state index is 0.264. The van der Waals surface area contributed by atoms with Crippen molar-refractivity contribution in [3.8, 4) is 0 Å². The van der Waals surface area contributed by atoms with Gasteiger partial charge in [0.25, 0.3) is 0 Å². The fourth-order valence-electron chi connectivity index (χ4n) is 4.14. The van der Waals surface area contributed by atoms with Gasteiger partial charge in [-0.1, -0.05) is 55.4 Å². The summed E-state index contributed by atoms with van der Waals surface area (Å²) in [4.78, 5) is 0. The summed E-state index contributed by atoms with van der Waals surface area (Å²) in [5.74, 6) is 2.91. The monoisotopic (exact) mass is 267 g/mol. The van der Waals surface area contributed by atoms with Crippen LogP contribution in [0.1, 0.15) is 74.7 Å². The van der Waals surface area contributed by atoms with E-state index in [4.69, 9.17) is 5.73 Å². The molecule has 1 rings (SSSR count). The van der Waals surface area contributed by atoms with Gasteiger partial charge in [0, 0.05) is 6.04 Å². The largest absolute Gasteiger partial charge is 0.327 e. The Bertz CT molecular complexity index is 288. The van der Waals surface area contributed by atoms with Gasteiger partial charge in [-0.3, -0.25) is 0 Å². The standard InChI is InChI=1S/C18H37N/c1-12(2)14-9-17(5,6)11-15(13(3)4)16(19)18(7,8)10-14/h12-16H,9-11,19H2,1-8H3.